The molecular weight excluding hydrogens is 172 g/mol. The van der Waals surface area contributed by atoms with Crippen molar-refractivity contribution in [1.29, 1.82) is 0 Å². The Bertz CT molecular complexity index is 370. The highest BCUT2D eigenvalue weighted by Crippen LogP contribution is 2.02. The molecule has 0 aliphatic carbocycles. The summed E-state index contributed by atoms with van der Waals surface area (Å²) in [5.74, 6) is 0. The van der Waals surface area contributed by atoms with Gasteiger partial charge in [0.1, 0.15) is 6.29 Å². The van der Waals surface area contributed by atoms with Crippen LogP contribution in [0.15, 0.2) is 10.9 Å². The summed E-state index contributed by atoms with van der Waals surface area (Å²) < 4.78 is 6.02. The number of carbonyl (C=O) groups excluding carboxylic acids is 1. The zero-order chi connectivity index (χ0) is 9.84. The molecule has 1 heterocycles. The summed E-state index contributed by atoms with van der Waals surface area (Å²) in [6, 6.07) is 1.52. The third-order valence-corrected chi connectivity index (χ3v) is 1.54. The zero-order valence-corrected chi connectivity index (χ0v) is 7.48. The van der Waals surface area contributed by atoms with E-state index < -0.39 is 0 Å². The predicted molar refractivity (Wildman–Crippen MR) is 45.9 cm³/mol. The summed E-state index contributed by atoms with van der Waals surface area (Å²) in [7, 11) is 1.41. The lowest BCUT2D eigenvalue weighted by molar-refractivity contribution is -0.108. The summed E-state index contributed by atoms with van der Waals surface area (Å²) in [5.41, 5.74) is 0.292. The van der Waals surface area contributed by atoms with E-state index in [1.807, 2.05) is 0 Å². The van der Waals surface area contributed by atoms with Gasteiger partial charge in [-0.3, -0.25) is 9.36 Å². The van der Waals surface area contributed by atoms with Crippen molar-refractivity contribution in [2.75, 3.05) is 7.11 Å². The number of nitrogens with zero attached hydrogens (tertiary/aromatic N) is 2. The molecule has 70 valence electrons. The van der Waals surface area contributed by atoms with E-state index >= 15 is 0 Å². The maximum Gasteiger partial charge on any atom is 0.299 e. The highest BCUT2D eigenvalue weighted by Gasteiger charge is 2.05. The molecule has 5 nitrogen and oxygen atoms in total. The molecule has 0 radical (unpaired) electrons. The van der Waals surface area contributed by atoms with E-state index in [1.54, 1.807) is 6.92 Å². The maximum absolute atomic E-state index is 11.3. The van der Waals surface area contributed by atoms with Crippen LogP contribution in [0, 0.1) is 6.92 Å². The molecule has 1 rings (SSSR count). The third kappa shape index (κ3) is 1.93. The number of hydrogen-bond donors (Lipinski definition) is 0. The van der Waals surface area contributed by atoms with Crippen LogP contribution in [0.2, 0.25) is 0 Å². The molecule has 0 aliphatic heterocycles. The number of carbonyl (C=O) groups is 1. The summed E-state index contributed by atoms with van der Waals surface area (Å²) in [6.45, 7) is 1.66. The molecule has 1 aromatic rings. The number of aryl methyl sites for hydroxylation is 1. The third-order valence-electron chi connectivity index (χ3n) is 1.54. The van der Waals surface area contributed by atoms with Crippen molar-refractivity contribution in [3.63, 3.8) is 0 Å². The van der Waals surface area contributed by atoms with Gasteiger partial charge < -0.3 is 9.53 Å². The fourth-order valence-corrected chi connectivity index (χ4v) is 0.993. The van der Waals surface area contributed by atoms with E-state index in [9.17, 15) is 9.59 Å². The minimum absolute atomic E-state index is 0.0325. The van der Waals surface area contributed by atoms with Gasteiger partial charge >= 0.3 is 0 Å². The Hall–Kier alpha value is -1.65. The van der Waals surface area contributed by atoms with Crippen LogP contribution in [0.5, 0.6) is 6.01 Å². The minimum Gasteiger partial charge on any atom is -0.468 e. The van der Waals surface area contributed by atoms with Crippen molar-refractivity contribution in [1.82, 2.24) is 9.55 Å². The highest BCUT2D eigenvalue weighted by atomic mass is 16.5. The van der Waals surface area contributed by atoms with E-state index in [1.165, 1.54) is 17.7 Å². The first-order valence-electron chi connectivity index (χ1n) is 3.75. The number of rotatable bonds is 3. The lowest BCUT2D eigenvalue weighted by atomic mass is 10.4. The SMILES string of the molecule is COc1nc(C)cc(=O)n1CC=O. The summed E-state index contributed by atoms with van der Waals surface area (Å²) in [4.78, 5) is 25.5. The number of ether oxygens (including phenoxy) is 1. The lowest BCUT2D eigenvalue weighted by Gasteiger charge is -2.06. The van der Waals surface area contributed by atoms with E-state index in [0.717, 1.165) is 0 Å². The van der Waals surface area contributed by atoms with Crippen molar-refractivity contribution in [2.45, 2.75) is 13.5 Å². The van der Waals surface area contributed by atoms with Gasteiger partial charge in [-0.05, 0) is 6.92 Å². The first-order chi connectivity index (χ1) is 6.19. The molecule has 0 aromatic carbocycles. The monoisotopic (exact) mass is 182 g/mol. The van der Waals surface area contributed by atoms with Crippen LogP contribution in [-0.4, -0.2) is 22.9 Å². The zero-order valence-electron chi connectivity index (χ0n) is 7.48. The average molecular weight is 182 g/mol. The second-order valence-electron chi connectivity index (χ2n) is 2.50. The predicted octanol–water partition coefficient (Wildman–Crippen LogP) is -0.241. The van der Waals surface area contributed by atoms with E-state index in [-0.39, 0.29) is 18.1 Å². The van der Waals surface area contributed by atoms with Crippen LogP contribution < -0.4 is 10.3 Å². The van der Waals surface area contributed by atoms with Gasteiger partial charge in [-0.2, -0.15) is 0 Å². The Labute approximate surface area is 75.0 Å². The minimum atomic E-state index is -0.281. The lowest BCUT2D eigenvalue weighted by Crippen LogP contribution is -2.23. The smallest absolute Gasteiger partial charge is 0.299 e. The molecule has 0 bridgehead atoms. The summed E-state index contributed by atoms with van der Waals surface area (Å²) in [5, 5.41) is 0. The van der Waals surface area contributed by atoms with Gasteiger partial charge in [0.2, 0.25) is 0 Å². The van der Waals surface area contributed by atoms with Gasteiger partial charge in [0.15, 0.2) is 0 Å². The first kappa shape index (κ1) is 9.44. The van der Waals surface area contributed by atoms with E-state index in [0.29, 0.717) is 12.0 Å². The molecule has 0 N–H and O–H groups in total. The molecule has 1 aromatic heterocycles. The molecule has 13 heavy (non-hydrogen) atoms. The molecule has 0 spiro atoms. The van der Waals surface area contributed by atoms with Gasteiger partial charge in [-0.25, -0.2) is 4.98 Å². The maximum atomic E-state index is 11.3. The molecule has 0 fully saturated rings. The van der Waals surface area contributed by atoms with Crippen molar-refractivity contribution in [3.8, 4) is 6.01 Å². The fraction of sp³-hybridized carbons (Fsp3) is 0.375. The topological polar surface area (TPSA) is 61.2 Å². The van der Waals surface area contributed by atoms with Gasteiger partial charge in [0.05, 0.1) is 13.7 Å². The second kappa shape index (κ2) is 3.84. The standard InChI is InChI=1S/C8H10N2O3/c1-6-5-7(12)10(3-4-11)8(9-6)13-2/h4-5H,3H2,1-2H3. The molecule has 0 saturated carbocycles. The Morgan fingerprint density at radius 3 is 2.92 bits per heavy atom. The van der Waals surface area contributed by atoms with Crippen LogP contribution in [0.3, 0.4) is 0 Å². The molecule has 0 amide bonds. The Balaban J connectivity index is 3.29. The van der Waals surface area contributed by atoms with Crippen molar-refractivity contribution in [3.05, 3.63) is 22.1 Å². The molecular formula is C8H10N2O3. The van der Waals surface area contributed by atoms with Crippen LogP contribution in [-0.2, 0) is 11.3 Å². The van der Waals surface area contributed by atoms with Crippen LogP contribution in [0.25, 0.3) is 0 Å². The van der Waals surface area contributed by atoms with Gasteiger partial charge in [0, 0.05) is 11.8 Å². The Kier molecular flexibility index (Phi) is 2.79. The van der Waals surface area contributed by atoms with Gasteiger partial charge in [-0.15, -0.1) is 0 Å². The number of aromatic nitrogens is 2. The highest BCUT2D eigenvalue weighted by molar-refractivity contribution is 5.49. The molecule has 0 aliphatic rings. The van der Waals surface area contributed by atoms with E-state index in [4.69, 9.17) is 4.74 Å². The first-order valence-corrected chi connectivity index (χ1v) is 3.75. The van der Waals surface area contributed by atoms with Crippen molar-refractivity contribution < 1.29 is 9.53 Å². The largest absolute Gasteiger partial charge is 0.468 e. The summed E-state index contributed by atoms with van der Waals surface area (Å²) >= 11 is 0. The number of methoxy groups -OCH3 is 1. The van der Waals surface area contributed by atoms with Gasteiger partial charge in [0.25, 0.3) is 11.6 Å². The molecule has 5 heteroatoms. The molecule has 0 unspecified atom stereocenters. The van der Waals surface area contributed by atoms with Crippen LogP contribution in [0.1, 0.15) is 5.69 Å². The summed E-state index contributed by atoms with van der Waals surface area (Å²) in [6.07, 6.45) is 0.626. The molecule has 0 saturated heterocycles. The van der Waals surface area contributed by atoms with Gasteiger partial charge in [-0.1, -0.05) is 0 Å². The average Bonchev–Trinajstić information content (AvgIpc) is 2.09. The Morgan fingerprint density at radius 2 is 2.38 bits per heavy atom. The van der Waals surface area contributed by atoms with Crippen LogP contribution >= 0.6 is 0 Å². The van der Waals surface area contributed by atoms with E-state index in [2.05, 4.69) is 4.98 Å². The Morgan fingerprint density at radius 1 is 1.69 bits per heavy atom. The number of aldehydes is 1. The van der Waals surface area contributed by atoms with Crippen LogP contribution in [0.4, 0.5) is 0 Å². The second-order valence-corrected chi connectivity index (χ2v) is 2.50. The normalized spacial score (nSPS) is 9.69. The number of hydrogen-bond acceptors (Lipinski definition) is 4. The fourth-order valence-electron chi connectivity index (χ4n) is 0.993. The quantitative estimate of drug-likeness (QED) is 0.605. The molecule has 0 atom stereocenters. The van der Waals surface area contributed by atoms with Crippen molar-refractivity contribution >= 4 is 6.29 Å². The van der Waals surface area contributed by atoms with Crippen molar-refractivity contribution in [2.24, 2.45) is 0 Å².